The lowest BCUT2D eigenvalue weighted by Crippen LogP contribution is -2.51. The van der Waals surface area contributed by atoms with Gasteiger partial charge in [0.1, 0.15) is 12.6 Å². The summed E-state index contributed by atoms with van der Waals surface area (Å²) in [4.78, 5) is 28.0. The van der Waals surface area contributed by atoms with E-state index < -0.39 is 29.6 Å². The molecule has 1 fully saturated rings. The minimum Gasteiger partial charge on any atom is -0.370 e. The van der Waals surface area contributed by atoms with Crippen molar-refractivity contribution < 1.29 is 27.5 Å². The first-order valence-corrected chi connectivity index (χ1v) is 10.2. The van der Waals surface area contributed by atoms with Gasteiger partial charge in [-0.05, 0) is 30.2 Å². The second kappa shape index (κ2) is 9.97. The molecule has 3 N–H and O–H groups in total. The number of nitrogens with zero attached hydrogens (tertiary/aromatic N) is 2. The van der Waals surface area contributed by atoms with Crippen LogP contribution in [0.15, 0.2) is 18.2 Å². The van der Waals surface area contributed by atoms with Crippen molar-refractivity contribution in [1.29, 1.82) is 0 Å². The molecule has 1 aromatic rings. The lowest BCUT2D eigenvalue weighted by atomic mass is 9.95. The average molecular weight is 444 g/mol. The smallest absolute Gasteiger partial charge is 0.370 e. The van der Waals surface area contributed by atoms with Crippen LogP contribution in [0.1, 0.15) is 33.3 Å². The molecule has 0 aliphatic carbocycles. The summed E-state index contributed by atoms with van der Waals surface area (Å²) in [6, 6.07) is 2.67. The summed E-state index contributed by atoms with van der Waals surface area (Å²) in [6.45, 7) is 9.17. The van der Waals surface area contributed by atoms with Gasteiger partial charge in [-0.15, -0.1) is 0 Å². The molecule has 0 saturated carbocycles. The van der Waals surface area contributed by atoms with Crippen molar-refractivity contribution in [3.05, 3.63) is 23.8 Å². The number of hydrogen-bond acceptors (Lipinski definition) is 5. The molecule has 2 rings (SSSR count). The normalized spacial score (nSPS) is 16.5. The second-order valence-electron chi connectivity index (χ2n) is 8.69. The summed E-state index contributed by atoms with van der Waals surface area (Å²) in [6.07, 6.45) is -4.72. The van der Waals surface area contributed by atoms with E-state index in [0.717, 1.165) is 6.07 Å². The van der Waals surface area contributed by atoms with Gasteiger partial charge in [0.25, 0.3) is 5.91 Å². The van der Waals surface area contributed by atoms with Gasteiger partial charge >= 0.3 is 6.18 Å². The molecule has 0 unspecified atom stereocenters. The molecule has 31 heavy (non-hydrogen) atoms. The van der Waals surface area contributed by atoms with Crippen molar-refractivity contribution in [1.82, 2.24) is 4.90 Å². The van der Waals surface area contributed by atoms with Gasteiger partial charge in [0.15, 0.2) is 0 Å². The Morgan fingerprint density at radius 2 is 2.00 bits per heavy atom. The molecule has 1 aliphatic heterocycles. The fourth-order valence-corrected chi connectivity index (χ4v) is 3.52. The second-order valence-corrected chi connectivity index (χ2v) is 8.69. The standard InChI is InChI=1S/C21H31F3N4O3/c1-5-27(13-20(2,3)4)17(11-25)19(30)26-16-7-6-14(10-15(16)21(22,23)24)28-8-9-31-12-18(28)29/h6-7,10,17H,5,8-9,11-13,25H2,1-4H3,(H,26,30)/t17-/m0/s1. The Labute approximate surface area is 180 Å². The Kier molecular flexibility index (Phi) is 8.07. The van der Waals surface area contributed by atoms with Gasteiger partial charge in [0.2, 0.25) is 5.91 Å². The van der Waals surface area contributed by atoms with Crippen molar-refractivity contribution in [2.75, 3.05) is 49.6 Å². The SMILES string of the molecule is CCN(CC(C)(C)C)[C@@H](CN)C(=O)Nc1ccc(N2CCOCC2=O)cc1C(F)(F)F. The molecule has 0 radical (unpaired) electrons. The van der Waals surface area contributed by atoms with E-state index in [1.807, 2.05) is 32.6 Å². The van der Waals surface area contributed by atoms with Crippen LogP contribution in [-0.2, 0) is 20.5 Å². The van der Waals surface area contributed by atoms with E-state index in [4.69, 9.17) is 10.5 Å². The van der Waals surface area contributed by atoms with Crippen molar-refractivity contribution in [3.8, 4) is 0 Å². The largest absolute Gasteiger partial charge is 0.418 e. The van der Waals surface area contributed by atoms with E-state index in [9.17, 15) is 22.8 Å². The van der Waals surface area contributed by atoms with Gasteiger partial charge in [0.05, 0.1) is 17.9 Å². The number of carbonyl (C=O) groups is 2. The van der Waals surface area contributed by atoms with Crippen LogP contribution in [0.4, 0.5) is 24.5 Å². The maximum Gasteiger partial charge on any atom is 0.418 e. The molecule has 1 atom stereocenters. The third-order valence-electron chi connectivity index (χ3n) is 4.91. The Morgan fingerprint density at radius 3 is 2.52 bits per heavy atom. The van der Waals surface area contributed by atoms with E-state index >= 15 is 0 Å². The summed E-state index contributed by atoms with van der Waals surface area (Å²) in [5, 5.41) is 2.40. The molecule has 1 aromatic carbocycles. The highest BCUT2D eigenvalue weighted by molar-refractivity contribution is 5.98. The Bertz CT molecular complexity index is 793. The zero-order valence-corrected chi connectivity index (χ0v) is 18.4. The van der Waals surface area contributed by atoms with E-state index in [-0.39, 0.29) is 43.1 Å². The van der Waals surface area contributed by atoms with Crippen molar-refractivity contribution in [2.24, 2.45) is 11.1 Å². The summed E-state index contributed by atoms with van der Waals surface area (Å²) < 4.78 is 46.3. The Balaban J connectivity index is 2.32. The molecule has 2 amide bonds. The molecule has 174 valence electrons. The third kappa shape index (κ3) is 6.65. The first-order valence-electron chi connectivity index (χ1n) is 10.2. The van der Waals surface area contributed by atoms with Gasteiger partial charge in [-0.3, -0.25) is 14.5 Å². The zero-order chi connectivity index (χ0) is 23.4. The summed E-state index contributed by atoms with van der Waals surface area (Å²) >= 11 is 0. The van der Waals surface area contributed by atoms with E-state index in [1.54, 1.807) is 0 Å². The third-order valence-corrected chi connectivity index (χ3v) is 4.91. The molecule has 0 bridgehead atoms. The van der Waals surface area contributed by atoms with Crippen LogP contribution in [0.2, 0.25) is 0 Å². The van der Waals surface area contributed by atoms with Gasteiger partial charge in [0, 0.05) is 25.3 Å². The first-order chi connectivity index (χ1) is 14.4. The number of rotatable bonds is 7. The predicted octanol–water partition coefficient (Wildman–Crippen LogP) is 2.70. The highest BCUT2D eigenvalue weighted by atomic mass is 19.4. The van der Waals surface area contributed by atoms with Crippen molar-refractivity contribution >= 4 is 23.2 Å². The van der Waals surface area contributed by atoms with Gasteiger partial charge in [-0.1, -0.05) is 27.7 Å². The number of benzene rings is 1. The van der Waals surface area contributed by atoms with Crippen LogP contribution in [0.5, 0.6) is 0 Å². The Hall–Kier alpha value is -2.17. The molecular weight excluding hydrogens is 413 g/mol. The number of likely N-dealkylation sites (N-methyl/N-ethyl adjacent to an activating group) is 1. The van der Waals surface area contributed by atoms with Crippen LogP contribution in [0.3, 0.4) is 0 Å². The Morgan fingerprint density at radius 1 is 1.32 bits per heavy atom. The number of morpholine rings is 1. The molecule has 1 heterocycles. The van der Waals surface area contributed by atoms with E-state index in [2.05, 4.69) is 5.32 Å². The van der Waals surface area contributed by atoms with Crippen LogP contribution in [0.25, 0.3) is 0 Å². The van der Waals surface area contributed by atoms with Crippen LogP contribution in [0, 0.1) is 5.41 Å². The maximum absolute atomic E-state index is 13.8. The quantitative estimate of drug-likeness (QED) is 0.675. The predicted molar refractivity (Wildman–Crippen MR) is 113 cm³/mol. The zero-order valence-electron chi connectivity index (χ0n) is 18.4. The number of anilines is 2. The molecule has 1 saturated heterocycles. The van der Waals surface area contributed by atoms with Crippen molar-refractivity contribution in [3.63, 3.8) is 0 Å². The minimum atomic E-state index is -4.72. The number of nitrogens with two attached hydrogens (primary N) is 1. The molecule has 0 spiro atoms. The van der Waals surface area contributed by atoms with Crippen LogP contribution >= 0.6 is 0 Å². The number of ether oxygens (including phenoxy) is 1. The molecule has 0 aromatic heterocycles. The van der Waals surface area contributed by atoms with E-state index in [1.165, 1.54) is 17.0 Å². The number of nitrogens with one attached hydrogen (secondary N) is 1. The maximum atomic E-state index is 13.8. The monoisotopic (exact) mass is 444 g/mol. The van der Waals surface area contributed by atoms with E-state index in [0.29, 0.717) is 13.1 Å². The molecule has 1 aliphatic rings. The number of amides is 2. The number of hydrogen-bond donors (Lipinski definition) is 2. The first kappa shape index (κ1) is 25.1. The highest BCUT2D eigenvalue weighted by Gasteiger charge is 2.36. The number of carbonyl (C=O) groups excluding carboxylic acids is 2. The van der Waals surface area contributed by atoms with Crippen molar-refractivity contribution in [2.45, 2.75) is 39.9 Å². The van der Waals surface area contributed by atoms with Gasteiger partial charge in [-0.25, -0.2) is 0 Å². The lowest BCUT2D eigenvalue weighted by molar-refractivity contribution is -0.137. The van der Waals surface area contributed by atoms with Gasteiger partial charge < -0.3 is 20.7 Å². The summed E-state index contributed by atoms with van der Waals surface area (Å²) in [5.41, 5.74) is 4.40. The minimum absolute atomic E-state index is 0.0303. The highest BCUT2D eigenvalue weighted by Crippen LogP contribution is 2.37. The summed E-state index contributed by atoms with van der Waals surface area (Å²) in [7, 11) is 0. The lowest BCUT2D eigenvalue weighted by Gasteiger charge is -2.34. The fraction of sp³-hybridized carbons (Fsp3) is 0.619. The summed E-state index contributed by atoms with van der Waals surface area (Å²) in [5.74, 6) is -1.02. The number of alkyl halides is 3. The topological polar surface area (TPSA) is 87.9 Å². The average Bonchev–Trinajstić information content (AvgIpc) is 2.66. The fourth-order valence-electron chi connectivity index (χ4n) is 3.52. The number of halogens is 3. The van der Waals surface area contributed by atoms with Gasteiger partial charge in [-0.2, -0.15) is 13.2 Å². The molecular formula is C21H31F3N4O3. The van der Waals surface area contributed by atoms with Crippen LogP contribution in [-0.4, -0.2) is 62.1 Å². The molecule has 7 nitrogen and oxygen atoms in total. The molecule has 10 heteroatoms. The van der Waals surface area contributed by atoms with Crippen LogP contribution < -0.4 is 16.0 Å².